The number of Topliss-reactive ketones (excluding diaryl/α,β-unsaturated/α-hetero) is 1. The Morgan fingerprint density at radius 2 is 1.94 bits per heavy atom. The molecule has 0 saturated carbocycles. The molecule has 2 aliphatic rings. The first kappa shape index (κ1) is 22.4. The molecule has 1 aliphatic carbocycles. The summed E-state index contributed by atoms with van der Waals surface area (Å²) in [7, 11) is 3.20. The Labute approximate surface area is 191 Å². The third-order valence-corrected chi connectivity index (χ3v) is 7.06. The molecule has 3 unspecified atom stereocenters. The number of rotatable bonds is 7. The maximum absolute atomic E-state index is 13.5. The maximum Gasteiger partial charge on any atom is 0.315 e. The Hall–Kier alpha value is -2.77. The van der Waals surface area contributed by atoms with Gasteiger partial charge in [0.2, 0.25) is 0 Å². The van der Waals surface area contributed by atoms with E-state index in [1.165, 1.54) is 0 Å². The summed E-state index contributed by atoms with van der Waals surface area (Å²) in [6.07, 6.45) is 0.993. The first-order chi connectivity index (χ1) is 15.5. The van der Waals surface area contributed by atoms with E-state index in [0.717, 1.165) is 21.9 Å². The largest absolute Gasteiger partial charge is 0.496 e. The monoisotopic (exact) mass is 453 g/mol. The molecular formula is C25H27NO5S. The topological polar surface area (TPSA) is 74.2 Å². The summed E-state index contributed by atoms with van der Waals surface area (Å²) in [5, 5.41) is 1.97. The third kappa shape index (κ3) is 4.27. The van der Waals surface area contributed by atoms with Gasteiger partial charge in [0.15, 0.2) is 5.78 Å². The van der Waals surface area contributed by atoms with Gasteiger partial charge in [-0.1, -0.05) is 24.3 Å². The fourth-order valence-corrected chi connectivity index (χ4v) is 5.55. The summed E-state index contributed by atoms with van der Waals surface area (Å²) in [6, 6.07) is 11.7. The lowest BCUT2D eigenvalue weighted by molar-refractivity contribution is -0.147. The summed E-state index contributed by atoms with van der Waals surface area (Å²) < 4.78 is 16.0. The Bertz CT molecular complexity index is 1060. The fraction of sp³-hybridized carbons (Fsp3) is 0.400. The van der Waals surface area contributed by atoms with Gasteiger partial charge in [0.1, 0.15) is 18.3 Å². The number of benzene rings is 1. The van der Waals surface area contributed by atoms with Crippen LogP contribution < -0.4 is 4.74 Å². The molecule has 1 aromatic carbocycles. The second kappa shape index (κ2) is 9.79. The van der Waals surface area contributed by atoms with Gasteiger partial charge in [-0.3, -0.25) is 14.6 Å². The second-order valence-corrected chi connectivity index (χ2v) is 8.99. The van der Waals surface area contributed by atoms with E-state index >= 15 is 0 Å². The lowest BCUT2D eigenvalue weighted by atomic mass is 9.71. The Morgan fingerprint density at radius 1 is 1.12 bits per heavy atom. The van der Waals surface area contributed by atoms with Crippen molar-refractivity contribution in [3.63, 3.8) is 0 Å². The van der Waals surface area contributed by atoms with Gasteiger partial charge in [-0.05, 0) is 36.4 Å². The van der Waals surface area contributed by atoms with Gasteiger partial charge in [0.25, 0.3) is 0 Å². The first-order valence-electron chi connectivity index (χ1n) is 10.7. The number of ether oxygens (including phenoxy) is 3. The number of carbonyl (C=O) groups excluding carboxylic acids is 2. The van der Waals surface area contributed by atoms with E-state index in [9.17, 15) is 9.59 Å². The van der Waals surface area contributed by atoms with Crippen LogP contribution in [0.15, 0.2) is 58.0 Å². The predicted molar refractivity (Wildman–Crippen MR) is 123 cm³/mol. The van der Waals surface area contributed by atoms with Crippen molar-refractivity contribution in [1.82, 2.24) is 0 Å². The number of hydrogen-bond donors (Lipinski definition) is 0. The molecule has 6 nitrogen and oxygen atoms in total. The van der Waals surface area contributed by atoms with Crippen LogP contribution in [-0.2, 0) is 19.1 Å². The van der Waals surface area contributed by atoms with Crippen LogP contribution in [0.4, 0.5) is 0 Å². The molecule has 3 atom stereocenters. The van der Waals surface area contributed by atoms with Crippen LogP contribution in [0.3, 0.4) is 0 Å². The van der Waals surface area contributed by atoms with Crippen LogP contribution in [-0.4, -0.2) is 44.9 Å². The summed E-state index contributed by atoms with van der Waals surface area (Å²) in [5.74, 6) is -0.553. The zero-order valence-electron chi connectivity index (χ0n) is 18.5. The lowest BCUT2D eigenvalue weighted by Crippen LogP contribution is -2.38. The number of carbonyl (C=O) groups is 2. The normalized spacial score (nSPS) is 22.9. The quantitative estimate of drug-likeness (QED) is 0.455. The predicted octanol–water partition coefficient (Wildman–Crippen LogP) is 4.52. The first-order valence-corrected chi connectivity index (χ1v) is 11.6. The van der Waals surface area contributed by atoms with E-state index in [1.807, 2.05) is 48.7 Å². The van der Waals surface area contributed by atoms with Gasteiger partial charge in [0, 0.05) is 47.2 Å². The highest BCUT2D eigenvalue weighted by atomic mass is 32.1. The van der Waals surface area contributed by atoms with Crippen LogP contribution in [0.2, 0.25) is 0 Å². The standard InChI is InChI=1S/C25H27NO5S/c1-15-22(25(28)31-11-10-29-2)24(21-9-6-12-32-21)23-18(26-15)13-16(14-19(23)27)17-7-4-5-8-20(17)30-3/h4-9,12,16,22,24H,10-11,13-14H2,1-3H3. The lowest BCUT2D eigenvalue weighted by Gasteiger charge is -2.36. The molecule has 0 amide bonds. The smallest absolute Gasteiger partial charge is 0.315 e. The number of nitrogens with zero attached hydrogens (tertiary/aromatic N) is 1. The van der Waals surface area contributed by atoms with Gasteiger partial charge in [0.05, 0.1) is 13.7 Å². The van der Waals surface area contributed by atoms with Crippen LogP contribution in [0.25, 0.3) is 0 Å². The number of esters is 1. The average Bonchev–Trinajstić information content (AvgIpc) is 3.32. The van der Waals surface area contributed by atoms with Crippen molar-refractivity contribution in [3.05, 3.63) is 63.5 Å². The zero-order valence-corrected chi connectivity index (χ0v) is 19.3. The average molecular weight is 454 g/mol. The SMILES string of the molecule is COCCOC(=O)C1C(C)=NC2=C(C(=O)CC(c3ccccc3OC)C2)C1c1cccs1. The molecule has 0 spiro atoms. The Morgan fingerprint density at radius 3 is 2.66 bits per heavy atom. The third-order valence-electron chi connectivity index (χ3n) is 6.10. The highest BCUT2D eigenvalue weighted by Gasteiger charge is 2.45. The molecule has 0 saturated heterocycles. The van der Waals surface area contributed by atoms with E-state index in [1.54, 1.807) is 25.6 Å². The van der Waals surface area contributed by atoms with Crippen LogP contribution in [0, 0.1) is 5.92 Å². The molecule has 1 aliphatic heterocycles. The highest BCUT2D eigenvalue weighted by molar-refractivity contribution is 7.10. The summed E-state index contributed by atoms with van der Waals surface area (Å²) in [5.41, 5.74) is 3.11. The molecule has 0 bridgehead atoms. The number of para-hydroxylation sites is 1. The van der Waals surface area contributed by atoms with Crippen LogP contribution in [0.1, 0.15) is 42.0 Å². The molecule has 2 heterocycles. The molecule has 32 heavy (non-hydrogen) atoms. The minimum Gasteiger partial charge on any atom is -0.496 e. The van der Waals surface area contributed by atoms with Crippen molar-refractivity contribution >= 4 is 28.8 Å². The van der Waals surface area contributed by atoms with Crippen molar-refractivity contribution in [1.29, 1.82) is 0 Å². The van der Waals surface area contributed by atoms with Crippen LogP contribution >= 0.6 is 11.3 Å². The fourth-order valence-electron chi connectivity index (χ4n) is 4.68. The van der Waals surface area contributed by atoms with Gasteiger partial charge >= 0.3 is 5.97 Å². The van der Waals surface area contributed by atoms with E-state index in [2.05, 4.69) is 0 Å². The number of methoxy groups -OCH3 is 2. The highest BCUT2D eigenvalue weighted by Crippen LogP contribution is 2.48. The number of hydrogen-bond acceptors (Lipinski definition) is 7. The number of thiophene rings is 1. The van der Waals surface area contributed by atoms with Crippen molar-refractivity contribution in [3.8, 4) is 5.75 Å². The minimum atomic E-state index is -0.615. The van der Waals surface area contributed by atoms with Gasteiger partial charge in [-0.15, -0.1) is 11.3 Å². The van der Waals surface area contributed by atoms with E-state index in [-0.39, 0.29) is 30.2 Å². The van der Waals surface area contributed by atoms with Crippen molar-refractivity contribution < 1.29 is 23.8 Å². The van der Waals surface area contributed by atoms with E-state index < -0.39 is 5.92 Å². The van der Waals surface area contributed by atoms with Gasteiger partial charge in [-0.25, -0.2) is 0 Å². The molecule has 0 N–H and O–H groups in total. The molecule has 168 valence electrons. The molecule has 4 rings (SSSR count). The zero-order chi connectivity index (χ0) is 22.7. The Kier molecular flexibility index (Phi) is 6.86. The second-order valence-electron chi connectivity index (χ2n) is 8.01. The number of allylic oxidation sites excluding steroid dienone is 2. The van der Waals surface area contributed by atoms with Crippen molar-refractivity contribution in [2.75, 3.05) is 27.4 Å². The van der Waals surface area contributed by atoms with E-state index in [4.69, 9.17) is 19.2 Å². The Balaban J connectivity index is 1.72. The molecule has 0 radical (unpaired) electrons. The van der Waals surface area contributed by atoms with E-state index in [0.29, 0.717) is 30.7 Å². The van der Waals surface area contributed by atoms with Crippen LogP contribution in [0.5, 0.6) is 5.75 Å². The molecular weight excluding hydrogens is 426 g/mol. The van der Waals surface area contributed by atoms with Crippen molar-refractivity contribution in [2.45, 2.75) is 31.6 Å². The molecule has 0 fully saturated rings. The number of ketones is 1. The number of aliphatic imine (C=N–C) groups is 1. The molecule has 7 heteroatoms. The van der Waals surface area contributed by atoms with Gasteiger partial charge < -0.3 is 14.2 Å². The maximum atomic E-state index is 13.5. The molecule has 1 aromatic heterocycles. The molecule has 2 aromatic rings. The van der Waals surface area contributed by atoms with Crippen molar-refractivity contribution in [2.24, 2.45) is 10.9 Å². The van der Waals surface area contributed by atoms with Gasteiger partial charge in [-0.2, -0.15) is 0 Å². The summed E-state index contributed by atoms with van der Waals surface area (Å²) in [6.45, 7) is 2.35. The summed E-state index contributed by atoms with van der Waals surface area (Å²) >= 11 is 1.55. The minimum absolute atomic E-state index is 0.0110. The summed E-state index contributed by atoms with van der Waals surface area (Å²) in [4.78, 5) is 32.3.